The van der Waals surface area contributed by atoms with Crippen molar-refractivity contribution in [2.45, 2.75) is 26.2 Å². The van der Waals surface area contributed by atoms with Crippen LogP contribution >= 0.6 is 0 Å². The van der Waals surface area contributed by atoms with Gasteiger partial charge in [-0.3, -0.25) is 4.79 Å². The molecule has 0 spiro atoms. The van der Waals surface area contributed by atoms with Crippen LogP contribution in [0.5, 0.6) is 0 Å². The fraction of sp³-hybridized carbons (Fsp3) is 0.545. The molecule has 1 unspecified atom stereocenters. The van der Waals surface area contributed by atoms with Gasteiger partial charge in [-0.2, -0.15) is 0 Å². The van der Waals surface area contributed by atoms with E-state index in [1.807, 2.05) is 6.92 Å². The van der Waals surface area contributed by atoms with Crippen molar-refractivity contribution in [3.05, 3.63) is 23.3 Å². The summed E-state index contributed by atoms with van der Waals surface area (Å²) in [6.45, 7) is 2.48. The first-order chi connectivity index (χ1) is 7.20. The maximum absolute atomic E-state index is 11.8. The van der Waals surface area contributed by atoms with Crippen LogP contribution in [0.3, 0.4) is 0 Å². The topological polar surface area (TPSA) is 68.9 Å². The molecule has 0 bridgehead atoms. The molecule has 1 atom stereocenters. The largest absolute Gasteiger partial charge is 0.330 e. The molecule has 0 radical (unpaired) electrons. The van der Waals surface area contributed by atoms with Gasteiger partial charge in [0.05, 0.1) is 11.3 Å². The number of carbonyl (C=O) groups excluding carboxylic acids is 1. The first-order valence-electron chi connectivity index (χ1n) is 5.26. The first-order valence-corrected chi connectivity index (χ1v) is 5.26. The Balaban J connectivity index is 2.29. The van der Waals surface area contributed by atoms with Gasteiger partial charge in [0.1, 0.15) is 5.82 Å². The Morgan fingerprint density at radius 3 is 3.07 bits per heavy atom. The Labute approximate surface area is 88.9 Å². The summed E-state index contributed by atoms with van der Waals surface area (Å²) in [7, 11) is 0. The molecular formula is C11H15N3O. The van der Waals surface area contributed by atoms with Gasteiger partial charge in [-0.15, -0.1) is 0 Å². The van der Waals surface area contributed by atoms with E-state index < -0.39 is 0 Å². The second-order valence-electron chi connectivity index (χ2n) is 4.05. The molecule has 0 saturated heterocycles. The Morgan fingerprint density at radius 1 is 1.53 bits per heavy atom. The zero-order valence-corrected chi connectivity index (χ0v) is 8.86. The van der Waals surface area contributed by atoms with Gasteiger partial charge in [-0.05, 0) is 32.2 Å². The van der Waals surface area contributed by atoms with Gasteiger partial charge in [-0.25, -0.2) is 9.97 Å². The van der Waals surface area contributed by atoms with E-state index in [4.69, 9.17) is 5.73 Å². The molecule has 0 fully saturated rings. The standard InChI is InChI=1S/C11H15N3O/c1-7-13-6-9-10(14-7)4-8(2-3-12)5-11(9)15/h6,8H,2-5,12H2,1H3. The lowest BCUT2D eigenvalue weighted by molar-refractivity contribution is 0.0945. The summed E-state index contributed by atoms with van der Waals surface area (Å²) in [6.07, 6.45) is 4.01. The Bertz CT molecular complexity index is 389. The minimum Gasteiger partial charge on any atom is -0.330 e. The minimum atomic E-state index is 0.162. The zero-order valence-electron chi connectivity index (χ0n) is 8.86. The molecule has 1 aliphatic carbocycles. The van der Waals surface area contributed by atoms with Crippen LogP contribution in [-0.4, -0.2) is 22.3 Å². The van der Waals surface area contributed by atoms with Crippen molar-refractivity contribution in [3.8, 4) is 0 Å². The number of carbonyl (C=O) groups is 1. The van der Waals surface area contributed by atoms with E-state index in [0.29, 0.717) is 24.4 Å². The van der Waals surface area contributed by atoms with E-state index in [2.05, 4.69) is 9.97 Å². The number of hydrogen-bond donors (Lipinski definition) is 1. The van der Waals surface area contributed by atoms with Crippen molar-refractivity contribution in [1.29, 1.82) is 0 Å². The molecule has 1 aromatic heterocycles. The Hall–Kier alpha value is -1.29. The normalized spacial score (nSPS) is 20.1. The van der Waals surface area contributed by atoms with E-state index in [-0.39, 0.29) is 5.78 Å². The van der Waals surface area contributed by atoms with Gasteiger partial charge >= 0.3 is 0 Å². The molecule has 15 heavy (non-hydrogen) atoms. The second-order valence-corrected chi connectivity index (χ2v) is 4.05. The third kappa shape index (κ3) is 2.04. The quantitative estimate of drug-likeness (QED) is 0.778. The van der Waals surface area contributed by atoms with Gasteiger partial charge < -0.3 is 5.73 Å². The predicted octanol–water partition coefficient (Wildman–Crippen LogP) is 0.879. The molecule has 1 aromatic rings. The van der Waals surface area contributed by atoms with Gasteiger partial charge in [0.2, 0.25) is 0 Å². The van der Waals surface area contributed by atoms with Crippen molar-refractivity contribution in [1.82, 2.24) is 9.97 Å². The highest BCUT2D eigenvalue weighted by Gasteiger charge is 2.25. The molecule has 80 valence electrons. The second kappa shape index (κ2) is 4.06. The summed E-state index contributed by atoms with van der Waals surface area (Å²) < 4.78 is 0. The van der Waals surface area contributed by atoms with E-state index in [0.717, 1.165) is 24.4 Å². The van der Waals surface area contributed by atoms with Crippen LogP contribution in [0.15, 0.2) is 6.20 Å². The smallest absolute Gasteiger partial charge is 0.166 e. The molecule has 2 rings (SSSR count). The highest BCUT2D eigenvalue weighted by Crippen LogP contribution is 2.25. The van der Waals surface area contributed by atoms with Gasteiger partial charge in [0.15, 0.2) is 5.78 Å². The average Bonchev–Trinajstić information content (AvgIpc) is 2.17. The van der Waals surface area contributed by atoms with Crippen LogP contribution in [-0.2, 0) is 6.42 Å². The van der Waals surface area contributed by atoms with Gasteiger partial charge in [-0.1, -0.05) is 0 Å². The van der Waals surface area contributed by atoms with Crippen LogP contribution < -0.4 is 5.73 Å². The molecule has 0 aromatic carbocycles. The number of aromatic nitrogens is 2. The molecule has 1 aliphatic rings. The third-order valence-corrected chi connectivity index (χ3v) is 2.82. The lowest BCUT2D eigenvalue weighted by Crippen LogP contribution is -2.24. The summed E-state index contributed by atoms with van der Waals surface area (Å²) in [5.41, 5.74) is 7.11. The molecule has 0 saturated carbocycles. The third-order valence-electron chi connectivity index (χ3n) is 2.82. The SMILES string of the molecule is Cc1ncc2c(n1)CC(CCN)CC2=O. The summed E-state index contributed by atoms with van der Waals surface area (Å²) in [4.78, 5) is 20.1. The average molecular weight is 205 g/mol. The molecule has 1 heterocycles. The van der Waals surface area contributed by atoms with E-state index in [1.165, 1.54) is 0 Å². The van der Waals surface area contributed by atoms with Gasteiger partial charge in [0.25, 0.3) is 0 Å². The minimum absolute atomic E-state index is 0.162. The Kier molecular flexibility index (Phi) is 2.77. The molecule has 0 amide bonds. The maximum atomic E-state index is 11.8. The molecular weight excluding hydrogens is 190 g/mol. The van der Waals surface area contributed by atoms with Crippen LogP contribution in [0.25, 0.3) is 0 Å². The van der Waals surface area contributed by atoms with E-state index >= 15 is 0 Å². The lowest BCUT2D eigenvalue weighted by atomic mass is 9.84. The van der Waals surface area contributed by atoms with Crippen molar-refractivity contribution in [3.63, 3.8) is 0 Å². The zero-order chi connectivity index (χ0) is 10.8. The summed E-state index contributed by atoms with van der Waals surface area (Å²) in [5, 5.41) is 0. The number of Topliss-reactive ketones (excluding diaryl/α,β-unsaturated/α-hetero) is 1. The molecule has 2 N–H and O–H groups in total. The van der Waals surface area contributed by atoms with Crippen LogP contribution in [0.2, 0.25) is 0 Å². The highest BCUT2D eigenvalue weighted by atomic mass is 16.1. The molecule has 4 heteroatoms. The van der Waals surface area contributed by atoms with Gasteiger partial charge in [0, 0.05) is 12.6 Å². The predicted molar refractivity (Wildman–Crippen MR) is 56.6 cm³/mol. The summed E-state index contributed by atoms with van der Waals surface area (Å²) in [6, 6.07) is 0. The number of rotatable bonds is 2. The molecule has 4 nitrogen and oxygen atoms in total. The van der Waals surface area contributed by atoms with Crippen LogP contribution in [0.1, 0.15) is 34.7 Å². The summed E-state index contributed by atoms with van der Waals surface area (Å²) >= 11 is 0. The van der Waals surface area contributed by atoms with Crippen molar-refractivity contribution >= 4 is 5.78 Å². The van der Waals surface area contributed by atoms with Crippen LogP contribution in [0.4, 0.5) is 0 Å². The van der Waals surface area contributed by atoms with Crippen molar-refractivity contribution < 1.29 is 4.79 Å². The number of ketones is 1. The number of fused-ring (bicyclic) bond motifs is 1. The Morgan fingerprint density at radius 2 is 2.33 bits per heavy atom. The van der Waals surface area contributed by atoms with Crippen molar-refractivity contribution in [2.75, 3.05) is 6.54 Å². The van der Waals surface area contributed by atoms with Crippen LogP contribution in [0, 0.1) is 12.8 Å². The lowest BCUT2D eigenvalue weighted by Gasteiger charge is -2.21. The maximum Gasteiger partial charge on any atom is 0.166 e. The monoisotopic (exact) mass is 205 g/mol. The number of nitrogens with two attached hydrogens (primary N) is 1. The number of hydrogen-bond acceptors (Lipinski definition) is 4. The van der Waals surface area contributed by atoms with E-state index in [1.54, 1.807) is 6.20 Å². The number of nitrogens with zero attached hydrogens (tertiary/aromatic N) is 2. The fourth-order valence-electron chi connectivity index (χ4n) is 2.06. The van der Waals surface area contributed by atoms with Crippen molar-refractivity contribution in [2.24, 2.45) is 11.7 Å². The fourth-order valence-corrected chi connectivity index (χ4v) is 2.06. The highest BCUT2D eigenvalue weighted by molar-refractivity contribution is 5.97. The number of aryl methyl sites for hydroxylation is 1. The summed E-state index contributed by atoms with van der Waals surface area (Å²) in [5.74, 6) is 1.26. The van der Waals surface area contributed by atoms with E-state index in [9.17, 15) is 4.79 Å². The molecule has 0 aliphatic heterocycles. The first kappa shape index (κ1) is 10.2.